The lowest BCUT2D eigenvalue weighted by Gasteiger charge is -2.31. The van der Waals surface area contributed by atoms with Crippen LogP contribution in [0.3, 0.4) is 0 Å². The number of nitrogens with zero attached hydrogens (tertiary/aromatic N) is 3. The van der Waals surface area contributed by atoms with Crippen LogP contribution in [0.2, 0.25) is 0 Å². The molecule has 0 unspecified atom stereocenters. The molecule has 0 spiro atoms. The Balaban J connectivity index is 1.88. The molecule has 1 aliphatic heterocycles. The minimum atomic E-state index is -0.339. The fourth-order valence-corrected chi connectivity index (χ4v) is 5.32. The first kappa shape index (κ1) is 21.2. The average molecular weight is 463 g/mol. The lowest BCUT2D eigenvalue weighted by molar-refractivity contribution is 0.708. The molecule has 0 radical (unpaired) electrons. The van der Waals surface area contributed by atoms with E-state index in [0.717, 1.165) is 39.5 Å². The molecule has 0 amide bonds. The molecular weight excluding hydrogens is 436 g/mol. The van der Waals surface area contributed by atoms with Crippen molar-refractivity contribution < 1.29 is 0 Å². The summed E-state index contributed by atoms with van der Waals surface area (Å²) < 4.78 is 5.00. The smallest absolute Gasteiger partial charge is 0.331 e. The summed E-state index contributed by atoms with van der Waals surface area (Å²) in [6.45, 7) is 4.12. The van der Waals surface area contributed by atoms with Gasteiger partial charge in [-0.1, -0.05) is 66.2 Å². The lowest BCUT2D eigenvalue weighted by Crippen LogP contribution is -2.37. The summed E-state index contributed by atoms with van der Waals surface area (Å²) in [7, 11) is 3.30. The molecule has 174 valence electrons. The Hall–Kier alpha value is -4.32. The molecule has 1 N–H and O–H groups in total. The SMILES string of the molecule is Cc1ccc([C@@H]2Nc3ccccc3-n3c(-c4ccccc4C)c4c(=O)n(C)c(=O)n(C)c4c32)cc1. The maximum absolute atomic E-state index is 13.7. The number of aromatic nitrogens is 3. The number of nitrogens with one attached hydrogen (secondary N) is 1. The van der Waals surface area contributed by atoms with Crippen LogP contribution in [0.1, 0.15) is 28.4 Å². The van der Waals surface area contributed by atoms with Crippen molar-refractivity contribution in [2.24, 2.45) is 14.1 Å². The maximum atomic E-state index is 13.7. The van der Waals surface area contributed by atoms with Crippen molar-refractivity contribution in [2.75, 3.05) is 5.32 Å². The zero-order valence-electron chi connectivity index (χ0n) is 20.2. The number of rotatable bonds is 2. The van der Waals surface area contributed by atoms with Gasteiger partial charge in [-0.05, 0) is 37.1 Å². The van der Waals surface area contributed by atoms with Crippen LogP contribution in [0.5, 0.6) is 0 Å². The van der Waals surface area contributed by atoms with Gasteiger partial charge < -0.3 is 9.88 Å². The van der Waals surface area contributed by atoms with E-state index in [0.29, 0.717) is 10.9 Å². The summed E-state index contributed by atoms with van der Waals surface area (Å²) in [5.41, 5.74) is 7.93. The third-order valence-electron chi connectivity index (χ3n) is 7.14. The second-order valence-corrected chi connectivity index (χ2v) is 9.32. The number of hydrogen-bond donors (Lipinski definition) is 1. The second-order valence-electron chi connectivity index (χ2n) is 9.32. The Morgan fingerprint density at radius 2 is 1.49 bits per heavy atom. The van der Waals surface area contributed by atoms with Crippen LogP contribution in [-0.2, 0) is 14.1 Å². The van der Waals surface area contributed by atoms with E-state index in [1.807, 2.05) is 30.3 Å². The summed E-state index contributed by atoms with van der Waals surface area (Å²) in [6.07, 6.45) is 0. The Morgan fingerprint density at radius 3 is 2.23 bits per heavy atom. The third-order valence-corrected chi connectivity index (χ3v) is 7.14. The summed E-state index contributed by atoms with van der Waals surface area (Å²) in [5, 5.41) is 4.25. The Labute approximate surface area is 202 Å². The normalized spacial score (nSPS) is 14.5. The summed E-state index contributed by atoms with van der Waals surface area (Å²) >= 11 is 0. The molecule has 0 fully saturated rings. The summed E-state index contributed by atoms with van der Waals surface area (Å²) in [4.78, 5) is 26.9. The van der Waals surface area contributed by atoms with Crippen molar-refractivity contribution in [3.63, 3.8) is 0 Å². The molecule has 0 saturated heterocycles. The topological polar surface area (TPSA) is 61.0 Å². The van der Waals surface area contributed by atoms with E-state index >= 15 is 0 Å². The summed E-state index contributed by atoms with van der Waals surface area (Å²) in [6, 6.07) is 24.4. The first-order chi connectivity index (χ1) is 16.9. The van der Waals surface area contributed by atoms with Gasteiger partial charge in [0.2, 0.25) is 0 Å². The molecule has 1 atom stereocenters. The van der Waals surface area contributed by atoms with Gasteiger partial charge in [0.15, 0.2) is 0 Å². The van der Waals surface area contributed by atoms with Gasteiger partial charge in [0, 0.05) is 19.7 Å². The van der Waals surface area contributed by atoms with E-state index < -0.39 is 0 Å². The Morgan fingerprint density at radius 1 is 0.800 bits per heavy atom. The number of aryl methyl sites for hydroxylation is 3. The van der Waals surface area contributed by atoms with Crippen LogP contribution >= 0.6 is 0 Å². The molecule has 0 aliphatic carbocycles. The van der Waals surface area contributed by atoms with Crippen LogP contribution in [0.4, 0.5) is 5.69 Å². The molecular formula is C29H26N4O2. The first-order valence-electron chi connectivity index (χ1n) is 11.7. The molecule has 3 heterocycles. The fourth-order valence-electron chi connectivity index (χ4n) is 5.32. The largest absolute Gasteiger partial charge is 0.371 e. The highest BCUT2D eigenvalue weighted by Crippen LogP contribution is 2.45. The van der Waals surface area contributed by atoms with Gasteiger partial charge in [-0.25, -0.2) is 4.79 Å². The van der Waals surface area contributed by atoms with Crippen LogP contribution in [0.25, 0.3) is 27.8 Å². The number of benzene rings is 3. The molecule has 5 aromatic rings. The third kappa shape index (κ3) is 2.96. The van der Waals surface area contributed by atoms with Crippen molar-refractivity contribution in [3.8, 4) is 16.9 Å². The minimum Gasteiger partial charge on any atom is -0.371 e. The minimum absolute atomic E-state index is 0.247. The quantitative estimate of drug-likeness (QED) is 0.409. The second kappa shape index (κ2) is 7.60. The van der Waals surface area contributed by atoms with E-state index in [9.17, 15) is 9.59 Å². The zero-order valence-corrected chi connectivity index (χ0v) is 20.2. The van der Waals surface area contributed by atoms with Gasteiger partial charge in [-0.15, -0.1) is 0 Å². The highest BCUT2D eigenvalue weighted by molar-refractivity contribution is 5.99. The maximum Gasteiger partial charge on any atom is 0.331 e. The highest BCUT2D eigenvalue weighted by Gasteiger charge is 2.34. The van der Waals surface area contributed by atoms with Crippen molar-refractivity contribution in [3.05, 3.63) is 116 Å². The molecule has 0 saturated carbocycles. The van der Waals surface area contributed by atoms with Gasteiger partial charge in [0.1, 0.15) is 0 Å². The van der Waals surface area contributed by atoms with Crippen molar-refractivity contribution in [1.29, 1.82) is 0 Å². The number of para-hydroxylation sites is 2. The van der Waals surface area contributed by atoms with Gasteiger partial charge in [0.05, 0.1) is 39.7 Å². The van der Waals surface area contributed by atoms with E-state index in [1.54, 1.807) is 18.7 Å². The summed E-state index contributed by atoms with van der Waals surface area (Å²) in [5.74, 6) is 0. The van der Waals surface area contributed by atoms with Gasteiger partial charge in [-0.3, -0.25) is 13.9 Å². The van der Waals surface area contributed by atoms with Gasteiger partial charge in [0.25, 0.3) is 5.56 Å². The number of anilines is 1. The Kier molecular flexibility index (Phi) is 4.61. The predicted molar refractivity (Wildman–Crippen MR) is 141 cm³/mol. The van der Waals surface area contributed by atoms with Crippen LogP contribution in [0.15, 0.2) is 82.4 Å². The Bertz CT molecular complexity index is 1750. The van der Waals surface area contributed by atoms with E-state index in [-0.39, 0.29) is 17.3 Å². The van der Waals surface area contributed by atoms with Gasteiger partial charge >= 0.3 is 5.69 Å². The molecule has 2 aromatic heterocycles. The number of hydrogen-bond acceptors (Lipinski definition) is 3. The molecule has 1 aliphatic rings. The predicted octanol–water partition coefficient (Wildman–Crippen LogP) is 4.83. The zero-order chi connectivity index (χ0) is 24.4. The fraction of sp³-hybridized carbons (Fsp3) is 0.172. The van der Waals surface area contributed by atoms with E-state index in [4.69, 9.17) is 0 Å². The molecule has 6 nitrogen and oxygen atoms in total. The van der Waals surface area contributed by atoms with Crippen molar-refractivity contribution >= 4 is 16.6 Å². The first-order valence-corrected chi connectivity index (χ1v) is 11.7. The molecule has 0 bridgehead atoms. The van der Waals surface area contributed by atoms with Crippen molar-refractivity contribution in [2.45, 2.75) is 19.9 Å². The molecule has 6 rings (SSSR count). The number of fused-ring (bicyclic) bond motifs is 5. The van der Waals surface area contributed by atoms with Gasteiger partial charge in [-0.2, -0.15) is 0 Å². The van der Waals surface area contributed by atoms with Crippen molar-refractivity contribution in [1.82, 2.24) is 13.7 Å². The standard InChI is InChI=1S/C29H26N4O2/c1-17-13-15-19(16-14-17)24-27-26-23(28(34)32(4)29(35)31(26)3)25(20-10-6-5-9-18(20)2)33(27)22-12-8-7-11-21(22)30-24/h5-16,24,30H,1-4H3/t24-/m0/s1. The van der Waals surface area contributed by atoms with Crippen LogP contribution < -0.4 is 16.6 Å². The van der Waals surface area contributed by atoms with Crippen LogP contribution in [-0.4, -0.2) is 13.7 Å². The molecule has 35 heavy (non-hydrogen) atoms. The lowest BCUT2D eigenvalue weighted by atomic mass is 9.98. The van der Waals surface area contributed by atoms with Crippen LogP contribution in [0, 0.1) is 13.8 Å². The molecule has 6 heteroatoms. The van der Waals surface area contributed by atoms with E-state index in [2.05, 4.69) is 66.2 Å². The average Bonchev–Trinajstić information content (AvgIpc) is 3.23. The monoisotopic (exact) mass is 462 g/mol. The molecule has 3 aromatic carbocycles. The van der Waals surface area contributed by atoms with E-state index in [1.165, 1.54) is 10.1 Å². The highest BCUT2D eigenvalue weighted by atomic mass is 16.2.